The summed E-state index contributed by atoms with van der Waals surface area (Å²) < 4.78 is 5.08. The lowest BCUT2D eigenvalue weighted by Crippen LogP contribution is -2.63. The van der Waals surface area contributed by atoms with Crippen LogP contribution in [0.25, 0.3) is 0 Å². The predicted octanol–water partition coefficient (Wildman–Crippen LogP) is 0.510. The third-order valence-electron chi connectivity index (χ3n) is 3.98. The topological polar surface area (TPSA) is 87.1 Å². The highest BCUT2D eigenvalue weighted by atomic mass is 32.2. The number of fused-ring (bicyclic) bond motifs is 1. The number of hydrogen-bond acceptors (Lipinski definition) is 6. The van der Waals surface area contributed by atoms with E-state index in [1.165, 1.54) is 22.7 Å². The largest absolute Gasteiger partial charge is 0.457 e. The van der Waals surface area contributed by atoms with Crippen LogP contribution in [-0.2, 0) is 14.3 Å². The quantitative estimate of drug-likeness (QED) is 0.402. The van der Waals surface area contributed by atoms with E-state index in [0.29, 0.717) is 5.75 Å². The number of rotatable bonds is 7. The molecule has 0 aromatic rings. The summed E-state index contributed by atoms with van der Waals surface area (Å²) in [6.45, 7) is 7.06. The van der Waals surface area contributed by atoms with Crippen molar-refractivity contribution < 1.29 is 24.5 Å². The molecule has 2 aliphatic rings. The fourth-order valence-corrected chi connectivity index (χ4v) is 4.10. The number of nitrogens with zero attached hydrogens (tertiary/aromatic N) is 1. The van der Waals surface area contributed by atoms with Crippen LogP contribution in [0, 0.1) is 11.8 Å². The van der Waals surface area contributed by atoms with Crippen LogP contribution in [0.4, 0.5) is 0 Å². The Balaban J connectivity index is 2.30. The molecule has 0 bridgehead atoms. The number of esters is 1. The van der Waals surface area contributed by atoms with E-state index >= 15 is 0 Å². The van der Waals surface area contributed by atoms with Gasteiger partial charge in [0, 0.05) is 16.6 Å². The standard InChI is InChI=1S/C15H21NO5S/c1-4-6-21-15(20)12-13(22-7-5-17)8(2)11-10(9(3)18)14(19)16(11)12/h4,8-11,17-18H,1,5-7H2,2-3H3/t8-,9-,10-,11-/m1/s1. The molecule has 0 saturated carbocycles. The lowest BCUT2D eigenvalue weighted by atomic mass is 9.79. The normalized spacial score (nSPS) is 28.3. The highest BCUT2D eigenvalue weighted by Gasteiger charge is 2.60. The lowest BCUT2D eigenvalue weighted by Gasteiger charge is -2.46. The maximum atomic E-state index is 12.3. The number of carbonyl (C=O) groups excluding carboxylic acids is 2. The van der Waals surface area contributed by atoms with E-state index < -0.39 is 18.0 Å². The summed E-state index contributed by atoms with van der Waals surface area (Å²) in [4.78, 5) is 26.7. The van der Waals surface area contributed by atoms with Gasteiger partial charge in [0.05, 0.1) is 24.7 Å². The summed E-state index contributed by atoms with van der Waals surface area (Å²) in [5.41, 5.74) is 0.250. The van der Waals surface area contributed by atoms with Gasteiger partial charge in [-0.3, -0.25) is 4.79 Å². The first kappa shape index (κ1) is 17.1. The number of ether oxygens (including phenoxy) is 1. The molecule has 2 N–H and O–H groups in total. The molecular weight excluding hydrogens is 306 g/mol. The van der Waals surface area contributed by atoms with Crippen LogP contribution >= 0.6 is 11.8 Å². The summed E-state index contributed by atoms with van der Waals surface area (Å²) in [7, 11) is 0. The summed E-state index contributed by atoms with van der Waals surface area (Å²) in [5.74, 6) is -0.944. The van der Waals surface area contributed by atoms with Crippen molar-refractivity contribution in [2.24, 2.45) is 11.8 Å². The van der Waals surface area contributed by atoms with Crippen LogP contribution in [0.5, 0.6) is 0 Å². The Morgan fingerprint density at radius 3 is 2.82 bits per heavy atom. The van der Waals surface area contributed by atoms with Crippen molar-refractivity contribution >= 4 is 23.6 Å². The van der Waals surface area contributed by atoms with Gasteiger partial charge < -0.3 is 19.8 Å². The van der Waals surface area contributed by atoms with Crippen molar-refractivity contribution in [1.82, 2.24) is 4.90 Å². The van der Waals surface area contributed by atoms with E-state index in [1.54, 1.807) is 6.92 Å². The summed E-state index contributed by atoms with van der Waals surface area (Å²) in [6, 6.07) is -0.222. The molecule has 0 aromatic carbocycles. The van der Waals surface area contributed by atoms with Crippen molar-refractivity contribution in [3.63, 3.8) is 0 Å². The fourth-order valence-electron chi connectivity index (χ4n) is 3.06. The Labute approximate surface area is 133 Å². The van der Waals surface area contributed by atoms with Crippen LogP contribution in [-0.4, -0.2) is 58.1 Å². The first-order valence-electron chi connectivity index (χ1n) is 7.22. The second-order valence-corrected chi connectivity index (χ2v) is 6.56. The predicted molar refractivity (Wildman–Crippen MR) is 82.7 cm³/mol. The van der Waals surface area contributed by atoms with Crippen molar-refractivity contribution in [2.45, 2.75) is 26.0 Å². The lowest BCUT2D eigenvalue weighted by molar-refractivity contribution is -0.164. The molecule has 0 unspecified atom stereocenters. The highest BCUT2D eigenvalue weighted by Crippen LogP contribution is 2.50. The van der Waals surface area contributed by atoms with Crippen LogP contribution in [0.1, 0.15) is 13.8 Å². The molecule has 0 spiro atoms. The fraction of sp³-hybridized carbons (Fsp3) is 0.600. The smallest absolute Gasteiger partial charge is 0.356 e. The van der Waals surface area contributed by atoms with E-state index in [4.69, 9.17) is 9.84 Å². The molecule has 1 amide bonds. The number of hydrogen-bond donors (Lipinski definition) is 2. The zero-order valence-electron chi connectivity index (χ0n) is 12.7. The first-order chi connectivity index (χ1) is 10.5. The third kappa shape index (κ3) is 2.68. The average molecular weight is 327 g/mol. The molecule has 7 heteroatoms. The monoisotopic (exact) mass is 327 g/mol. The van der Waals surface area contributed by atoms with E-state index in [-0.39, 0.29) is 36.8 Å². The number of aliphatic hydroxyl groups is 2. The van der Waals surface area contributed by atoms with Crippen LogP contribution < -0.4 is 0 Å². The molecule has 2 heterocycles. The van der Waals surface area contributed by atoms with Gasteiger partial charge in [-0.2, -0.15) is 0 Å². The third-order valence-corrected chi connectivity index (χ3v) is 5.25. The molecule has 0 radical (unpaired) electrons. The van der Waals surface area contributed by atoms with Gasteiger partial charge in [0.25, 0.3) is 0 Å². The Morgan fingerprint density at radius 1 is 1.59 bits per heavy atom. The number of carbonyl (C=O) groups is 2. The molecule has 0 aliphatic carbocycles. The van der Waals surface area contributed by atoms with Crippen LogP contribution in [0.3, 0.4) is 0 Å². The Bertz CT molecular complexity index is 516. The summed E-state index contributed by atoms with van der Waals surface area (Å²) in [6.07, 6.45) is 0.703. The molecule has 122 valence electrons. The molecular formula is C15H21NO5S. The molecule has 22 heavy (non-hydrogen) atoms. The second kappa shape index (κ2) is 6.85. The molecule has 4 atom stereocenters. The van der Waals surface area contributed by atoms with Crippen LogP contribution in [0.15, 0.2) is 23.3 Å². The van der Waals surface area contributed by atoms with E-state index in [0.717, 1.165) is 4.91 Å². The zero-order chi connectivity index (χ0) is 16.4. The van der Waals surface area contributed by atoms with Gasteiger partial charge in [-0.25, -0.2) is 4.79 Å². The van der Waals surface area contributed by atoms with Gasteiger partial charge in [0.15, 0.2) is 0 Å². The Hall–Kier alpha value is -1.31. The molecule has 2 aliphatic heterocycles. The zero-order valence-corrected chi connectivity index (χ0v) is 13.5. The van der Waals surface area contributed by atoms with Gasteiger partial charge in [-0.05, 0) is 6.92 Å². The first-order valence-corrected chi connectivity index (χ1v) is 8.21. The molecule has 2 rings (SSSR count). The minimum atomic E-state index is -0.760. The Kier molecular flexibility index (Phi) is 5.31. The van der Waals surface area contributed by atoms with E-state index in [2.05, 4.69) is 6.58 Å². The maximum Gasteiger partial charge on any atom is 0.356 e. The molecule has 0 aromatic heterocycles. The second-order valence-electron chi connectivity index (χ2n) is 5.43. The van der Waals surface area contributed by atoms with Crippen molar-refractivity contribution in [1.29, 1.82) is 0 Å². The minimum Gasteiger partial charge on any atom is -0.457 e. The molecule has 1 saturated heterocycles. The molecule has 1 fully saturated rings. The number of β-lactam (4-membered cyclic amide) rings is 1. The highest BCUT2D eigenvalue weighted by molar-refractivity contribution is 8.03. The minimum absolute atomic E-state index is 0.0195. The SMILES string of the molecule is C=CCOC(=O)C1=C(SCCO)[C@H](C)[C@@H]2[C@@H]([C@@H](C)O)C(=O)N12. The number of amides is 1. The maximum absolute atomic E-state index is 12.3. The van der Waals surface area contributed by atoms with Gasteiger partial charge in [-0.1, -0.05) is 19.6 Å². The van der Waals surface area contributed by atoms with Crippen molar-refractivity contribution in [3.05, 3.63) is 23.3 Å². The van der Waals surface area contributed by atoms with E-state index in [9.17, 15) is 14.7 Å². The molecule has 6 nitrogen and oxygen atoms in total. The van der Waals surface area contributed by atoms with Gasteiger partial charge >= 0.3 is 5.97 Å². The van der Waals surface area contributed by atoms with Crippen LogP contribution in [0.2, 0.25) is 0 Å². The summed E-state index contributed by atoms with van der Waals surface area (Å²) >= 11 is 1.35. The Morgan fingerprint density at radius 2 is 2.27 bits per heavy atom. The average Bonchev–Trinajstić information content (AvgIpc) is 2.71. The summed E-state index contributed by atoms with van der Waals surface area (Å²) in [5, 5.41) is 18.8. The van der Waals surface area contributed by atoms with E-state index in [1.807, 2.05) is 6.92 Å². The van der Waals surface area contributed by atoms with Crippen molar-refractivity contribution in [3.8, 4) is 0 Å². The number of thioether (sulfide) groups is 1. The van der Waals surface area contributed by atoms with Gasteiger partial charge in [0.2, 0.25) is 5.91 Å². The van der Waals surface area contributed by atoms with Gasteiger partial charge in [0.1, 0.15) is 12.3 Å². The number of aliphatic hydroxyl groups excluding tert-OH is 2. The van der Waals surface area contributed by atoms with Crippen molar-refractivity contribution in [2.75, 3.05) is 19.0 Å². The van der Waals surface area contributed by atoms with Gasteiger partial charge in [-0.15, -0.1) is 11.8 Å².